The first kappa shape index (κ1) is 18.0. The molecule has 1 N–H and O–H groups in total. The Hall–Kier alpha value is -0.0900. The van der Waals surface area contributed by atoms with E-state index >= 15 is 0 Å². The van der Waals surface area contributed by atoms with Gasteiger partial charge in [-0.15, -0.1) is 0 Å². The van der Waals surface area contributed by atoms with Crippen LogP contribution in [-0.2, 0) is 9.84 Å². The van der Waals surface area contributed by atoms with E-state index < -0.39 is 9.84 Å². The fourth-order valence-electron chi connectivity index (χ4n) is 3.64. The highest BCUT2D eigenvalue weighted by atomic mass is 32.2. The summed E-state index contributed by atoms with van der Waals surface area (Å²) in [5.41, 5.74) is 0.698. The van der Waals surface area contributed by atoms with E-state index in [1.165, 1.54) is 0 Å². The number of sulfone groups is 1. The lowest BCUT2D eigenvalue weighted by atomic mass is 10.00. The summed E-state index contributed by atoms with van der Waals surface area (Å²) in [6, 6.07) is 0.451. The van der Waals surface area contributed by atoms with E-state index in [0.717, 1.165) is 25.8 Å². The zero-order valence-corrected chi connectivity index (χ0v) is 14.9. The van der Waals surface area contributed by atoms with Crippen LogP contribution in [0.25, 0.3) is 0 Å². The van der Waals surface area contributed by atoms with E-state index in [0.29, 0.717) is 28.5 Å². The molecule has 120 valence electrons. The number of hydrogen-bond donors (Lipinski definition) is 1. The summed E-state index contributed by atoms with van der Waals surface area (Å²) in [6.45, 7) is 14.3. The molecule has 1 saturated carbocycles. The van der Waals surface area contributed by atoms with Crippen molar-refractivity contribution in [2.24, 2.45) is 16.7 Å². The molecule has 1 fully saturated rings. The largest absolute Gasteiger partial charge is 0.314 e. The predicted octanol–water partition coefficient (Wildman–Crippen LogP) is 3.25. The van der Waals surface area contributed by atoms with Gasteiger partial charge in [-0.2, -0.15) is 0 Å². The Balaban J connectivity index is 2.59. The second kappa shape index (κ2) is 6.35. The van der Waals surface area contributed by atoms with Gasteiger partial charge >= 0.3 is 0 Å². The van der Waals surface area contributed by atoms with Gasteiger partial charge in [0.15, 0.2) is 0 Å². The molecule has 0 bridgehead atoms. The zero-order valence-electron chi connectivity index (χ0n) is 14.1. The molecule has 0 aliphatic heterocycles. The Bertz CT molecular complexity index is 398. The molecule has 0 radical (unpaired) electrons. The first-order chi connectivity index (χ1) is 9.10. The third-order valence-corrected chi connectivity index (χ3v) is 7.39. The highest BCUT2D eigenvalue weighted by Gasteiger charge is 2.66. The Morgan fingerprint density at radius 3 is 2.05 bits per heavy atom. The van der Waals surface area contributed by atoms with Gasteiger partial charge in [-0.1, -0.05) is 41.5 Å². The molecule has 0 aromatic heterocycles. The fourth-order valence-corrected chi connectivity index (χ4v) is 4.53. The van der Waals surface area contributed by atoms with E-state index in [2.05, 4.69) is 39.9 Å². The summed E-state index contributed by atoms with van der Waals surface area (Å²) in [5, 5.41) is 3.65. The minimum Gasteiger partial charge on any atom is -0.314 e. The third kappa shape index (κ3) is 3.76. The quantitative estimate of drug-likeness (QED) is 0.711. The summed E-state index contributed by atoms with van der Waals surface area (Å²) >= 11 is 0. The molecule has 0 spiro atoms. The highest BCUT2D eigenvalue weighted by molar-refractivity contribution is 7.91. The lowest BCUT2D eigenvalue weighted by molar-refractivity contribution is 0.374. The van der Waals surface area contributed by atoms with Crippen molar-refractivity contribution in [2.45, 2.75) is 66.8 Å². The second-order valence-corrected chi connectivity index (χ2v) is 9.83. The van der Waals surface area contributed by atoms with Crippen molar-refractivity contribution in [3.8, 4) is 0 Å². The van der Waals surface area contributed by atoms with Crippen LogP contribution in [0.5, 0.6) is 0 Å². The van der Waals surface area contributed by atoms with Crippen LogP contribution >= 0.6 is 0 Å². The maximum Gasteiger partial charge on any atom is 0.150 e. The van der Waals surface area contributed by atoms with E-state index in [1.54, 1.807) is 6.92 Å². The van der Waals surface area contributed by atoms with Crippen LogP contribution in [0.3, 0.4) is 0 Å². The molecule has 0 amide bonds. The van der Waals surface area contributed by atoms with Crippen LogP contribution in [0.4, 0.5) is 0 Å². The van der Waals surface area contributed by atoms with Gasteiger partial charge in [-0.3, -0.25) is 0 Å². The van der Waals surface area contributed by atoms with Crippen molar-refractivity contribution in [2.75, 3.05) is 18.1 Å². The summed E-state index contributed by atoms with van der Waals surface area (Å²) in [6.07, 6.45) is 2.87. The predicted molar refractivity (Wildman–Crippen MR) is 86.7 cm³/mol. The molecule has 3 nitrogen and oxygen atoms in total. The lowest BCUT2D eigenvalue weighted by Crippen LogP contribution is -2.34. The van der Waals surface area contributed by atoms with Crippen molar-refractivity contribution in [3.63, 3.8) is 0 Å². The van der Waals surface area contributed by atoms with Gasteiger partial charge in [0.1, 0.15) is 9.84 Å². The maximum atomic E-state index is 11.6. The molecule has 1 atom stereocenters. The molecule has 1 unspecified atom stereocenters. The molecule has 1 aliphatic carbocycles. The molecular formula is C16H33NO2S. The average Bonchev–Trinajstić information content (AvgIpc) is 2.75. The van der Waals surface area contributed by atoms with Crippen molar-refractivity contribution in [1.82, 2.24) is 5.32 Å². The van der Waals surface area contributed by atoms with Gasteiger partial charge in [0.2, 0.25) is 0 Å². The summed E-state index contributed by atoms with van der Waals surface area (Å²) in [5.74, 6) is 1.24. The molecule has 1 aliphatic rings. The summed E-state index contributed by atoms with van der Waals surface area (Å²) < 4.78 is 23.2. The van der Waals surface area contributed by atoms with E-state index in [9.17, 15) is 8.42 Å². The zero-order chi connectivity index (χ0) is 15.6. The smallest absolute Gasteiger partial charge is 0.150 e. The topological polar surface area (TPSA) is 46.2 Å². The number of rotatable bonds is 9. The highest BCUT2D eigenvalue weighted by Crippen LogP contribution is 2.70. The first-order valence-electron chi connectivity index (χ1n) is 8.04. The van der Waals surface area contributed by atoms with Gasteiger partial charge in [0.05, 0.1) is 5.75 Å². The average molecular weight is 304 g/mol. The van der Waals surface area contributed by atoms with Crippen LogP contribution < -0.4 is 5.32 Å². The number of hydrogen-bond acceptors (Lipinski definition) is 3. The van der Waals surface area contributed by atoms with Crippen LogP contribution in [-0.4, -0.2) is 32.5 Å². The minimum atomic E-state index is -2.83. The Kier molecular flexibility index (Phi) is 5.70. The van der Waals surface area contributed by atoms with E-state index in [1.807, 2.05) is 0 Å². The first-order valence-corrected chi connectivity index (χ1v) is 9.86. The Morgan fingerprint density at radius 1 is 1.10 bits per heavy atom. The summed E-state index contributed by atoms with van der Waals surface area (Å²) in [4.78, 5) is 0. The van der Waals surface area contributed by atoms with Crippen LogP contribution in [0.2, 0.25) is 0 Å². The Morgan fingerprint density at radius 2 is 1.65 bits per heavy atom. The second-order valence-electron chi connectivity index (χ2n) is 7.36. The fraction of sp³-hybridized carbons (Fsp3) is 1.00. The monoisotopic (exact) mass is 303 g/mol. The van der Waals surface area contributed by atoms with Gasteiger partial charge < -0.3 is 5.32 Å². The molecule has 0 aromatic rings. The van der Waals surface area contributed by atoms with E-state index in [-0.39, 0.29) is 5.75 Å². The van der Waals surface area contributed by atoms with Crippen molar-refractivity contribution >= 4 is 9.84 Å². The lowest BCUT2D eigenvalue weighted by Gasteiger charge is -2.21. The van der Waals surface area contributed by atoms with Crippen molar-refractivity contribution < 1.29 is 8.42 Å². The van der Waals surface area contributed by atoms with Crippen molar-refractivity contribution in [3.05, 3.63) is 0 Å². The molecular weight excluding hydrogens is 270 g/mol. The Labute approximate surface area is 125 Å². The van der Waals surface area contributed by atoms with Crippen LogP contribution in [0.15, 0.2) is 0 Å². The third-order valence-electron chi connectivity index (χ3n) is 5.60. The maximum absolute atomic E-state index is 11.6. The standard InChI is InChI=1S/C16H33NO2S/c1-7-11-17-13(10-9-12-20(18,19)8-2)14-15(3,4)16(14,5)6/h13-14,17H,7-12H2,1-6H3. The normalized spacial score (nSPS) is 22.7. The van der Waals surface area contributed by atoms with E-state index in [4.69, 9.17) is 0 Å². The molecule has 20 heavy (non-hydrogen) atoms. The van der Waals surface area contributed by atoms with Gasteiger partial charge in [-0.25, -0.2) is 8.42 Å². The molecule has 1 rings (SSSR count). The molecule has 0 heterocycles. The van der Waals surface area contributed by atoms with Crippen LogP contribution in [0.1, 0.15) is 60.8 Å². The summed E-state index contributed by atoms with van der Waals surface area (Å²) in [7, 11) is -2.83. The number of nitrogens with one attached hydrogen (secondary N) is 1. The van der Waals surface area contributed by atoms with Gasteiger partial charge in [0.25, 0.3) is 0 Å². The molecule has 0 saturated heterocycles. The molecule has 4 heteroatoms. The molecule has 0 aromatic carbocycles. The van der Waals surface area contributed by atoms with Crippen molar-refractivity contribution in [1.29, 1.82) is 0 Å². The van der Waals surface area contributed by atoms with Gasteiger partial charge in [0, 0.05) is 11.8 Å². The SMILES string of the molecule is CCCNC(CCCS(=O)(=O)CC)C1C(C)(C)C1(C)C. The van der Waals surface area contributed by atoms with Gasteiger partial charge in [-0.05, 0) is 42.6 Å². The minimum absolute atomic E-state index is 0.264. The van der Waals surface area contributed by atoms with Crippen LogP contribution in [0, 0.1) is 16.7 Å².